The van der Waals surface area contributed by atoms with Crippen LogP contribution in [-0.2, 0) is 9.53 Å². The Kier molecular flexibility index (Phi) is 6.44. The molecule has 0 bridgehead atoms. The van der Waals surface area contributed by atoms with Gasteiger partial charge in [0, 0.05) is 19.3 Å². The van der Waals surface area contributed by atoms with Gasteiger partial charge in [0.25, 0.3) is 0 Å². The monoisotopic (exact) mass is 292 g/mol. The van der Waals surface area contributed by atoms with Crippen LogP contribution in [0, 0.1) is 0 Å². The molecule has 0 aliphatic heterocycles. The van der Waals surface area contributed by atoms with Gasteiger partial charge in [-0.1, -0.05) is 32.6 Å². The number of rotatable bonds is 5. The van der Waals surface area contributed by atoms with Gasteiger partial charge in [0.05, 0.1) is 12.1 Å². The summed E-state index contributed by atoms with van der Waals surface area (Å²) in [7, 11) is 0. The number of carbonyl (C=O) groups is 1. The number of esters is 1. The SMILES string of the molecule is CCCC(=O)OC1(N=C=NC2CCCCC2)CCCCC1. The summed E-state index contributed by atoms with van der Waals surface area (Å²) in [6.45, 7) is 1.99. The summed E-state index contributed by atoms with van der Waals surface area (Å²) in [5.41, 5.74) is -0.678. The fraction of sp³-hybridized carbons (Fsp3) is 0.882. The maximum atomic E-state index is 11.8. The molecule has 118 valence electrons. The minimum atomic E-state index is -0.678. The lowest BCUT2D eigenvalue weighted by atomic mass is 9.92. The van der Waals surface area contributed by atoms with Crippen molar-refractivity contribution in [1.29, 1.82) is 0 Å². The van der Waals surface area contributed by atoms with Crippen molar-refractivity contribution in [3.05, 3.63) is 0 Å². The van der Waals surface area contributed by atoms with Crippen LogP contribution in [-0.4, -0.2) is 23.7 Å². The topological polar surface area (TPSA) is 51.0 Å². The van der Waals surface area contributed by atoms with E-state index >= 15 is 0 Å². The molecule has 0 aromatic heterocycles. The Balaban J connectivity index is 2.00. The molecule has 0 radical (unpaired) electrons. The van der Waals surface area contributed by atoms with Gasteiger partial charge in [0.1, 0.15) is 0 Å². The first-order valence-electron chi connectivity index (χ1n) is 8.63. The van der Waals surface area contributed by atoms with Gasteiger partial charge in [-0.15, -0.1) is 0 Å². The van der Waals surface area contributed by atoms with E-state index in [-0.39, 0.29) is 5.97 Å². The molecule has 2 aliphatic rings. The molecule has 2 aliphatic carbocycles. The van der Waals surface area contributed by atoms with Gasteiger partial charge < -0.3 is 4.74 Å². The Morgan fingerprint density at radius 1 is 1.14 bits per heavy atom. The predicted molar refractivity (Wildman–Crippen MR) is 83.6 cm³/mol. The van der Waals surface area contributed by atoms with Crippen LogP contribution in [0.3, 0.4) is 0 Å². The average molecular weight is 292 g/mol. The number of nitrogens with zero attached hydrogens (tertiary/aromatic N) is 2. The van der Waals surface area contributed by atoms with Crippen LogP contribution in [0.1, 0.15) is 84.0 Å². The molecule has 2 fully saturated rings. The zero-order valence-corrected chi connectivity index (χ0v) is 13.3. The molecule has 21 heavy (non-hydrogen) atoms. The summed E-state index contributed by atoms with van der Waals surface area (Å²) < 4.78 is 5.68. The highest BCUT2D eigenvalue weighted by molar-refractivity contribution is 5.70. The summed E-state index contributed by atoms with van der Waals surface area (Å²) >= 11 is 0. The van der Waals surface area contributed by atoms with Gasteiger partial charge in [0.15, 0.2) is 0 Å². The molecule has 2 saturated carbocycles. The van der Waals surface area contributed by atoms with Crippen LogP contribution < -0.4 is 0 Å². The van der Waals surface area contributed by atoms with E-state index in [4.69, 9.17) is 4.74 Å². The molecule has 0 atom stereocenters. The van der Waals surface area contributed by atoms with Crippen molar-refractivity contribution < 1.29 is 9.53 Å². The maximum Gasteiger partial charge on any atom is 0.307 e. The summed E-state index contributed by atoms with van der Waals surface area (Å²) in [5.74, 6) is -0.136. The molecule has 2 rings (SSSR count). The predicted octanol–water partition coefficient (Wildman–Crippen LogP) is 4.50. The van der Waals surface area contributed by atoms with Crippen molar-refractivity contribution >= 4 is 12.0 Å². The van der Waals surface area contributed by atoms with E-state index in [9.17, 15) is 4.79 Å². The Hall–Kier alpha value is -1.15. The third-order valence-corrected chi connectivity index (χ3v) is 4.46. The van der Waals surface area contributed by atoms with Crippen molar-refractivity contribution in [1.82, 2.24) is 0 Å². The van der Waals surface area contributed by atoms with Crippen LogP contribution in [0.5, 0.6) is 0 Å². The zero-order valence-electron chi connectivity index (χ0n) is 13.3. The summed E-state index contributed by atoms with van der Waals surface area (Å²) in [6.07, 6.45) is 12.4. The normalized spacial score (nSPS) is 22.1. The van der Waals surface area contributed by atoms with E-state index in [0.29, 0.717) is 12.5 Å². The largest absolute Gasteiger partial charge is 0.436 e. The molecular weight excluding hydrogens is 264 g/mol. The standard InChI is InChI=1S/C17H28N2O2/c1-2-9-16(20)21-17(12-7-4-8-13-17)19-14-18-15-10-5-3-6-11-15/h15H,2-13H2,1H3. The van der Waals surface area contributed by atoms with E-state index in [1.54, 1.807) is 0 Å². The van der Waals surface area contributed by atoms with Crippen LogP contribution >= 0.6 is 0 Å². The highest BCUT2D eigenvalue weighted by atomic mass is 16.6. The van der Waals surface area contributed by atoms with Crippen LogP contribution in [0.2, 0.25) is 0 Å². The molecule has 0 spiro atoms. The smallest absolute Gasteiger partial charge is 0.307 e. The molecule has 4 heteroatoms. The number of ether oxygens (including phenoxy) is 1. The second kappa shape index (κ2) is 8.33. The highest BCUT2D eigenvalue weighted by Crippen LogP contribution is 2.33. The molecule has 0 amide bonds. The highest BCUT2D eigenvalue weighted by Gasteiger charge is 2.35. The third-order valence-electron chi connectivity index (χ3n) is 4.46. The molecule has 0 heterocycles. The first-order valence-corrected chi connectivity index (χ1v) is 8.63. The molecule has 4 nitrogen and oxygen atoms in total. The summed E-state index contributed by atoms with van der Waals surface area (Å²) in [4.78, 5) is 20.8. The van der Waals surface area contributed by atoms with E-state index in [0.717, 1.165) is 44.9 Å². The van der Waals surface area contributed by atoms with E-state index in [2.05, 4.69) is 16.0 Å². The lowest BCUT2D eigenvalue weighted by Crippen LogP contribution is -2.35. The van der Waals surface area contributed by atoms with Gasteiger partial charge in [0.2, 0.25) is 5.72 Å². The summed E-state index contributed by atoms with van der Waals surface area (Å²) in [5, 5.41) is 0. The number of carbonyl (C=O) groups excluding carboxylic acids is 1. The van der Waals surface area contributed by atoms with Crippen molar-refractivity contribution in [2.45, 2.75) is 95.7 Å². The first kappa shape index (κ1) is 16.2. The van der Waals surface area contributed by atoms with E-state index in [1.165, 1.54) is 25.7 Å². The van der Waals surface area contributed by atoms with Gasteiger partial charge in [-0.25, -0.2) is 4.99 Å². The number of hydrogen-bond acceptors (Lipinski definition) is 4. The first-order chi connectivity index (χ1) is 10.2. The Labute approximate surface area is 128 Å². The molecule has 0 aromatic rings. The zero-order chi connectivity index (χ0) is 15.0. The lowest BCUT2D eigenvalue weighted by molar-refractivity contribution is -0.162. The number of hydrogen-bond donors (Lipinski definition) is 0. The van der Waals surface area contributed by atoms with Gasteiger partial charge in [-0.3, -0.25) is 4.79 Å². The molecular formula is C17H28N2O2. The Morgan fingerprint density at radius 2 is 1.81 bits per heavy atom. The quantitative estimate of drug-likeness (QED) is 0.553. The van der Waals surface area contributed by atoms with Crippen molar-refractivity contribution in [2.75, 3.05) is 0 Å². The molecule has 0 saturated heterocycles. The van der Waals surface area contributed by atoms with Gasteiger partial charge in [-0.2, -0.15) is 4.99 Å². The second-order valence-corrected chi connectivity index (χ2v) is 6.36. The van der Waals surface area contributed by atoms with Gasteiger partial charge >= 0.3 is 5.97 Å². The summed E-state index contributed by atoms with van der Waals surface area (Å²) in [6, 6.07) is 3.26. The lowest BCUT2D eigenvalue weighted by Gasteiger charge is -2.31. The maximum absolute atomic E-state index is 11.8. The Bertz CT molecular complexity index is 388. The Morgan fingerprint density at radius 3 is 2.48 bits per heavy atom. The van der Waals surface area contributed by atoms with E-state index < -0.39 is 5.72 Å². The fourth-order valence-corrected chi connectivity index (χ4v) is 3.22. The molecule has 0 unspecified atom stereocenters. The molecule has 0 aromatic carbocycles. The minimum absolute atomic E-state index is 0.136. The van der Waals surface area contributed by atoms with Crippen molar-refractivity contribution in [2.24, 2.45) is 9.98 Å². The van der Waals surface area contributed by atoms with Gasteiger partial charge in [-0.05, 0) is 32.1 Å². The van der Waals surface area contributed by atoms with Crippen LogP contribution in [0.4, 0.5) is 0 Å². The number of aliphatic imine (C=N–C) groups is 2. The van der Waals surface area contributed by atoms with Crippen molar-refractivity contribution in [3.63, 3.8) is 0 Å². The third kappa shape index (κ3) is 5.28. The van der Waals surface area contributed by atoms with E-state index in [1.807, 2.05) is 6.92 Å². The fourth-order valence-electron chi connectivity index (χ4n) is 3.22. The molecule has 0 N–H and O–H groups in total. The second-order valence-electron chi connectivity index (χ2n) is 6.36. The van der Waals surface area contributed by atoms with Crippen molar-refractivity contribution in [3.8, 4) is 0 Å². The average Bonchev–Trinajstić information content (AvgIpc) is 2.49. The van der Waals surface area contributed by atoms with Crippen LogP contribution in [0.15, 0.2) is 9.98 Å². The van der Waals surface area contributed by atoms with Crippen LogP contribution in [0.25, 0.3) is 0 Å². The minimum Gasteiger partial charge on any atom is -0.436 e.